The van der Waals surface area contributed by atoms with Crippen molar-refractivity contribution in [3.05, 3.63) is 27.7 Å². The first-order valence-corrected chi connectivity index (χ1v) is 4.58. The summed E-state index contributed by atoms with van der Waals surface area (Å²) in [5.74, 6) is -1.07. The Kier molecular flexibility index (Phi) is 3.55. The summed E-state index contributed by atoms with van der Waals surface area (Å²) in [6.07, 6.45) is -2.92. The normalized spacial score (nSPS) is 10.9. The third-order valence-electron chi connectivity index (χ3n) is 1.36. The molecule has 0 aliphatic carbocycles. The van der Waals surface area contributed by atoms with Gasteiger partial charge in [0.15, 0.2) is 5.82 Å². The fourth-order valence-corrected chi connectivity index (χ4v) is 1.56. The molecule has 72 valence electrons. The lowest BCUT2D eigenvalue weighted by Crippen LogP contribution is -1.99. The van der Waals surface area contributed by atoms with E-state index in [-0.39, 0.29) is 11.6 Å². The minimum Gasteiger partial charge on any atom is -0.246 e. The van der Waals surface area contributed by atoms with Gasteiger partial charge in [-0.15, -0.1) is 11.6 Å². The number of hydrogen-bond acceptors (Lipinski definition) is 1. The topological polar surface area (TPSA) is 12.9 Å². The second kappa shape index (κ2) is 4.28. The average Bonchev–Trinajstić information content (AvgIpc) is 2.03. The predicted molar refractivity (Wildman–Crippen MR) is 46.4 cm³/mol. The van der Waals surface area contributed by atoms with Gasteiger partial charge in [-0.2, -0.15) is 0 Å². The first-order valence-electron chi connectivity index (χ1n) is 3.25. The van der Waals surface area contributed by atoms with E-state index in [0.717, 1.165) is 6.07 Å². The number of alkyl halides is 3. The van der Waals surface area contributed by atoms with Crippen LogP contribution in [0.1, 0.15) is 17.8 Å². The van der Waals surface area contributed by atoms with E-state index in [1.54, 1.807) is 0 Å². The third kappa shape index (κ3) is 2.34. The molecule has 1 aromatic rings. The van der Waals surface area contributed by atoms with Crippen molar-refractivity contribution in [2.75, 3.05) is 0 Å². The summed E-state index contributed by atoms with van der Waals surface area (Å²) < 4.78 is 37.3. The zero-order valence-corrected chi connectivity index (χ0v) is 8.54. The highest BCUT2D eigenvalue weighted by atomic mass is 79.9. The van der Waals surface area contributed by atoms with Crippen molar-refractivity contribution in [2.45, 2.75) is 12.3 Å². The molecule has 0 saturated carbocycles. The molecule has 0 N–H and O–H groups in total. The van der Waals surface area contributed by atoms with Gasteiger partial charge in [0.1, 0.15) is 5.69 Å². The van der Waals surface area contributed by atoms with Crippen LogP contribution in [0.15, 0.2) is 10.5 Å². The van der Waals surface area contributed by atoms with Gasteiger partial charge in [-0.3, -0.25) is 0 Å². The lowest BCUT2D eigenvalue weighted by molar-refractivity contribution is 0.140. The lowest BCUT2D eigenvalue weighted by atomic mass is 10.3. The highest BCUT2D eigenvalue weighted by Crippen LogP contribution is 2.25. The molecule has 1 rings (SSSR count). The van der Waals surface area contributed by atoms with Crippen molar-refractivity contribution in [3.8, 4) is 0 Å². The molecule has 1 heterocycles. The second-order valence-corrected chi connectivity index (χ2v) is 3.34. The summed E-state index contributed by atoms with van der Waals surface area (Å²) in [7, 11) is 0. The molecule has 0 amide bonds. The van der Waals surface area contributed by atoms with Crippen LogP contribution in [0.2, 0.25) is 0 Å². The van der Waals surface area contributed by atoms with E-state index in [1.165, 1.54) is 0 Å². The van der Waals surface area contributed by atoms with Crippen LogP contribution in [0.3, 0.4) is 0 Å². The molecule has 0 fully saturated rings. The largest absolute Gasteiger partial charge is 0.283 e. The Bertz CT molecular complexity index is 319. The van der Waals surface area contributed by atoms with Crippen molar-refractivity contribution < 1.29 is 13.2 Å². The van der Waals surface area contributed by atoms with Gasteiger partial charge in [0, 0.05) is 4.47 Å². The molecule has 0 unspecified atom stereocenters. The van der Waals surface area contributed by atoms with Crippen LogP contribution in [-0.4, -0.2) is 4.98 Å². The Labute approximate surface area is 86.0 Å². The van der Waals surface area contributed by atoms with Crippen molar-refractivity contribution in [1.29, 1.82) is 0 Å². The van der Waals surface area contributed by atoms with Gasteiger partial charge in [0.05, 0.1) is 11.6 Å². The first-order chi connectivity index (χ1) is 6.06. The van der Waals surface area contributed by atoms with Crippen LogP contribution in [0.4, 0.5) is 13.2 Å². The van der Waals surface area contributed by atoms with Crippen LogP contribution in [0.25, 0.3) is 0 Å². The standard InChI is InChI=1S/C7H4BrClF3N/c8-3-1-4(10)6(7(11)12)13-5(3)2-9/h1,7H,2H2. The predicted octanol–water partition coefficient (Wildman–Crippen LogP) is 3.66. The van der Waals surface area contributed by atoms with Gasteiger partial charge in [-0.05, 0) is 22.0 Å². The Balaban J connectivity index is 3.22. The van der Waals surface area contributed by atoms with E-state index in [2.05, 4.69) is 20.9 Å². The molecule has 6 heteroatoms. The van der Waals surface area contributed by atoms with Crippen molar-refractivity contribution in [2.24, 2.45) is 0 Å². The molecule has 0 radical (unpaired) electrons. The molecule has 0 saturated heterocycles. The van der Waals surface area contributed by atoms with E-state index in [0.29, 0.717) is 4.47 Å². The van der Waals surface area contributed by atoms with E-state index in [1.807, 2.05) is 0 Å². The third-order valence-corrected chi connectivity index (χ3v) is 2.30. The SMILES string of the molecule is Fc1cc(Br)c(CCl)nc1C(F)F. The summed E-state index contributed by atoms with van der Waals surface area (Å²) in [6.45, 7) is 0. The van der Waals surface area contributed by atoms with E-state index in [9.17, 15) is 13.2 Å². The number of pyridine rings is 1. The minimum atomic E-state index is -2.92. The summed E-state index contributed by atoms with van der Waals surface area (Å²) in [4.78, 5) is 3.39. The molecule has 1 aromatic heterocycles. The molecule has 1 nitrogen and oxygen atoms in total. The lowest BCUT2D eigenvalue weighted by Gasteiger charge is -2.04. The molecule has 0 aliphatic heterocycles. The highest BCUT2D eigenvalue weighted by molar-refractivity contribution is 9.10. The number of halogens is 5. The Morgan fingerprint density at radius 1 is 1.54 bits per heavy atom. The molecule has 0 aliphatic rings. The molecular formula is C7H4BrClF3N. The average molecular weight is 274 g/mol. The maximum absolute atomic E-state index is 12.8. The zero-order valence-electron chi connectivity index (χ0n) is 6.20. The number of nitrogens with zero attached hydrogens (tertiary/aromatic N) is 1. The van der Waals surface area contributed by atoms with Crippen molar-refractivity contribution >= 4 is 27.5 Å². The van der Waals surface area contributed by atoms with Crippen LogP contribution in [0.5, 0.6) is 0 Å². The maximum Gasteiger partial charge on any atom is 0.283 e. The van der Waals surface area contributed by atoms with Gasteiger partial charge in [0.2, 0.25) is 0 Å². The van der Waals surface area contributed by atoms with Crippen molar-refractivity contribution in [3.63, 3.8) is 0 Å². The highest BCUT2D eigenvalue weighted by Gasteiger charge is 2.17. The molecular weight excluding hydrogens is 270 g/mol. The molecule has 0 aromatic carbocycles. The van der Waals surface area contributed by atoms with Gasteiger partial charge >= 0.3 is 0 Å². The minimum absolute atomic E-state index is 0.0411. The van der Waals surface area contributed by atoms with E-state index >= 15 is 0 Å². The fraction of sp³-hybridized carbons (Fsp3) is 0.286. The van der Waals surface area contributed by atoms with Gasteiger partial charge in [-0.25, -0.2) is 18.2 Å². The molecule has 13 heavy (non-hydrogen) atoms. The number of aromatic nitrogens is 1. The number of rotatable bonds is 2. The summed E-state index contributed by atoms with van der Waals surface area (Å²) in [5.41, 5.74) is -0.655. The first kappa shape index (κ1) is 10.8. The number of hydrogen-bond donors (Lipinski definition) is 0. The fourth-order valence-electron chi connectivity index (χ4n) is 0.767. The second-order valence-electron chi connectivity index (χ2n) is 2.22. The monoisotopic (exact) mass is 273 g/mol. The van der Waals surface area contributed by atoms with E-state index in [4.69, 9.17) is 11.6 Å². The van der Waals surface area contributed by atoms with Gasteiger partial charge in [0.25, 0.3) is 6.43 Å². The summed E-state index contributed by atoms with van der Waals surface area (Å²) in [5, 5.41) is 0. The van der Waals surface area contributed by atoms with Gasteiger partial charge < -0.3 is 0 Å². The van der Waals surface area contributed by atoms with Crippen LogP contribution >= 0.6 is 27.5 Å². The maximum atomic E-state index is 12.8. The summed E-state index contributed by atoms with van der Waals surface area (Å²) >= 11 is 8.36. The molecule has 0 spiro atoms. The smallest absolute Gasteiger partial charge is 0.246 e. The Morgan fingerprint density at radius 2 is 2.15 bits per heavy atom. The van der Waals surface area contributed by atoms with Crippen LogP contribution < -0.4 is 0 Å². The van der Waals surface area contributed by atoms with Crippen LogP contribution in [-0.2, 0) is 5.88 Å². The Morgan fingerprint density at radius 3 is 2.62 bits per heavy atom. The summed E-state index contributed by atoms with van der Waals surface area (Å²) in [6, 6.07) is 0.937. The van der Waals surface area contributed by atoms with E-state index < -0.39 is 17.9 Å². The Hall–Kier alpha value is -0.290. The molecule has 0 bridgehead atoms. The quantitative estimate of drug-likeness (QED) is 0.750. The van der Waals surface area contributed by atoms with Crippen molar-refractivity contribution in [1.82, 2.24) is 4.98 Å². The molecule has 0 atom stereocenters. The zero-order chi connectivity index (χ0) is 10.0. The van der Waals surface area contributed by atoms with Crippen LogP contribution in [0, 0.1) is 5.82 Å². The van der Waals surface area contributed by atoms with Gasteiger partial charge in [-0.1, -0.05) is 0 Å².